The van der Waals surface area contributed by atoms with Crippen LogP contribution in [0.1, 0.15) is 29.8 Å². The quantitative estimate of drug-likeness (QED) is 0.431. The van der Waals surface area contributed by atoms with E-state index in [1.165, 1.54) is 32.2 Å². The average Bonchev–Trinajstić information content (AvgIpc) is 3.10. The third kappa shape index (κ3) is 3.66. The number of nitrogens with zero attached hydrogens (tertiary/aromatic N) is 2. The van der Waals surface area contributed by atoms with Crippen LogP contribution in [0.4, 0.5) is 11.4 Å². The molecule has 0 radical (unpaired) electrons. The number of Topliss-reactive ketones (excluding diaryl/α,β-unsaturated/α-hetero) is 1. The van der Waals surface area contributed by atoms with E-state index in [0.717, 1.165) is 11.3 Å². The number of anilines is 1. The molecule has 8 nitrogen and oxygen atoms in total. The third-order valence-corrected chi connectivity index (χ3v) is 4.67. The number of nitro benzene ring substituents is 1. The Morgan fingerprint density at radius 1 is 1.18 bits per heavy atom. The fraction of sp³-hybridized carbons (Fsp3) is 0.300. The van der Waals surface area contributed by atoms with Crippen molar-refractivity contribution >= 4 is 23.1 Å². The first-order valence-corrected chi connectivity index (χ1v) is 8.76. The highest BCUT2D eigenvalue weighted by molar-refractivity contribution is 6.01. The van der Waals surface area contributed by atoms with Crippen molar-refractivity contribution in [3.63, 3.8) is 0 Å². The molecule has 2 aromatic rings. The molecule has 0 aromatic heterocycles. The van der Waals surface area contributed by atoms with Gasteiger partial charge in [0, 0.05) is 30.8 Å². The van der Waals surface area contributed by atoms with Crippen molar-refractivity contribution in [3.8, 4) is 11.5 Å². The summed E-state index contributed by atoms with van der Waals surface area (Å²) in [7, 11) is 1.42. The summed E-state index contributed by atoms with van der Waals surface area (Å²) in [4.78, 5) is 36.6. The van der Waals surface area contributed by atoms with Crippen molar-refractivity contribution in [2.45, 2.75) is 26.4 Å². The maximum absolute atomic E-state index is 12.8. The highest BCUT2D eigenvalue weighted by atomic mass is 16.6. The van der Waals surface area contributed by atoms with Crippen molar-refractivity contribution in [1.82, 2.24) is 0 Å². The third-order valence-electron chi connectivity index (χ3n) is 4.67. The minimum atomic E-state index is -0.876. The second-order valence-corrected chi connectivity index (χ2v) is 6.48. The van der Waals surface area contributed by atoms with Crippen LogP contribution in [0.3, 0.4) is 0 Å². The minimum Gasteiger partial charge on any atom is -0.493 e. The molecule has 0 bridgehead atoms. The summed E-state index contributed by atoms with van der Waals surface area (Å²) in [5, 5.41) is 11.0. The van der Waals surface area contributed by atoms with E-state index in [1.807, 2.05) is 0 Å². The zero-order valence-corrected chi connectivity index (χ0v) is 15.8. The number of nitro groups is 1. The molecule has 1 amide bonds. The Kier molecular flexibility index (Phi) is 5.30. The molecular formula is C20H20N2O6. The maximum atomic E-state index is 12.8. The summed E-state index contributed by atoms with van der Waals surface area (Å²) < 4.78 is 10.8. The Labute approximate surface area is 161 Å². The molecule has 1 aliphatic rings. The molecule has 146 valence electrons. The van der Waals surface area contributed by atoms with Crippen LogP contribution in [0.15, 0.2) is 36.4 Å². The Balaban J connectivity index is 1.82. The molecule has 0 fully saturated rings. The number of fused-ring (bicyclic) bond motifs is 1. The Morgan fingerprint density at radius 3 is 2.57 bits per heavy atom. The predicted octanol–water partition coefficient (Wildman–Crippen LogP) is 3.16. The summed E-state index contributed by atoms with van der Waals surface area (Å²) in [6.07, 6.45) is -0.191. The van der Waals surface area contributed by atoms with Crippen LogP contribution in [0.5, 0.6) is 11.5 Å². The number of hydrogen-bond acceptors (Lipinski definition) is 6. The van der Waals surface area contributed by atoms with Gasteiger partial charge in [0.25, 0.3) is 5.69 Å². The minimum absolute atomic E-state index is 0.0349. The molecule has 1 aliphatic heterocycles. The number of benzene rings is 2. The number of hydrogen-bond donors (Lipinski definition) is 0. The summed E-state index contributed by atoms with van der Waals surface area (Å²) in [5.41, 5.74) is 2.05. The number of rotatable bonds is 6. The maximum Gasteiger partial charge on any atom is 0.273 e. The molecule has 3 rings (SSSR count). The number of carbonyl (C=O) groups is 2. The Bertz CT molecular complexity index is 956. The molecule has 1 unspecified atom stereocenters. The first-order valence-electron chi connectivity index (χ1n) is 8.76. The summed E-state index contributed by atoms with van der Waals surface area (Å²) in [6.45, 7) is 3.69. The second-order valence-electron chi connectivity index (χ2n) is 6.48. The molecule has 0 N–H and O–H groups in total. The zero-order chi connectivity index (χ0) is 20.4. The van der Waals surface area contributed by atoms with Gasteiger partial charge in [-0.05, 0) is 43.2 Å². The normalized spacial score (nSPS) is 13.6. The second kappa shape index (κ2) is 7.67. The molecule has 0 spiro atoms. The number of amides is 1. The molecule has 0 saturated carbocycles. The molecule has 0 saturated heterocycles. The fourth-order valence-corrected chi connectivity index (χ4v) is 3.23. The molecular weight excluding hydrogens is 364 g/mol. The highest BCUT2D eigenvalue weighted by Gasteiger charge is 2.25. The van der Waals surface area contributed by atoms with Gasteiger partial charge in [0.05, 0.1) is 18.1 Å². The number of ketones is 1. The standard InChI is InChI=1S/C20H20N2O6/c1-12(28-19-11-16(22(25)26)5-7-18(19)27-3)20(24)15-4-6-17-14(10-15)8-9-21(17)13(2)23/h4-7,10-12H,8-9H2,1-3H3. The highest BCUT2D eigenvalue weighted by Crippen LogP contribution is 2.33. The van der Waals surface area contributed by atoms with E-state index in [1.54, 1.807) is 30.0 Å². The fourth-order valence-electron chi connectivity index (χ4n) is 3.23. The molecule has 0 aliphatic carbocycles. The number of methoxy groups -OCH3 is 1. The number of carbonyl (C=O) groups excluding carboxylic acids is 2. The van der Waals surface area contributed by atoms with E-state index < -0.39 is 11.0 Å². The van der Waals surface area contributed by atoms with E-state index in [9.17, 15) is 19.7 Å². The molecule has 8 heteroatoms. The van der Waals surface area contributed by atoms with E-state index in [-0.39, 0.29) is 23.1 Å². The monoisotopic (exact) mass is 384 g/mol. The van der Waals surface area contributed by atoms with Gasteiger partial charge in [0.15, 0.2) is 17.6 Å². The smallest absolute Gasteiger partial charge is 0.273 e. The predicted molar refractivity (Wildman–Crippen MR) is 102 cm³/mol. The van der Waals surface area contributed by atoms with Crippen LogP contribution in [-0.2, 0) is 11.2 Å². The SMILES string of the molecule is COc1ccc([N+](=O)[O-])cc1OC(C)C(=O)c1ccc2c(c1)CCN2C(C)=O. The molecule has 1 heterocycles. The molecule has 28 heavy (non-hydrogen) atoms. The van der Waals surface area contributed by atoms with Crippen molar-refractivity contribution in [1.29, 1.82) is 0 Å². The van der Waals surface area contributed by atoms with Gasteiger partial charge < -0.3 is 14.4 Å². The zero-order valence-electron chi connectivity index (χ0n) is 15.8. The first kappa shape index (κ1) is 19.3. The lowest BCUT2D eigenvalue weighted by Gasteiger charge is -2.17. The van der Waals surface area contributed by atoms with Crippen LogP contribution in [-0.4, -0.2) is 36.4 Å². The van der Waals surface area contributed by atoms with E-state index >= 15 is 0 Å². The van der Waals surface area contributed by atoms with Gasteiger partial charge in [-0.25, -0.2) is 0 Å². The summed E-state index contributed by atoms with van der Waals surface area (Å²) >= 11 is 0. The lowest BCUT2D eigenvalue weighted by atomic mass is 10.0. The Hall–Kier alpha value is -3.42. The number of ether oxygens (including phenoxy) is 2. The van der Waals surface area contributed by atoms with Gasteiger partial charge in [0.2, 0.25) is 11.7 Å². The van der Waals surface area contributed by atoms with Gasteiger partial charge in [-0.2, -0.15) is 0 Å². The Morgan fingerprint density at radius 2 is 1.93 bits per heavy atom. The van der Waals surface area contributed by atoms with Gasteiger partial charge in [0.1, 0.15) is 0 Å². The lowest BCUT2D eigenvalue weighted by molar-refractivity contribution is -0.385. The van der Waals surface area contributed by atoms with Gasteiger partial charge in [-0.3, -0.25) is 19.7 Å². The van der Waals surface area contributed by atoms with Crippen molar-refractivity contribution in [2.24, 2.45) is 0 Å². The van der Waals surface area contributed by atoms with E-state index in [2.05, 4.69) is 0 Å². The molecule has 1 atom stereocenters. The number of non-ortho nitro benzene ring substituents is 1. The van der Waals surface area contributed by atoms with Crippen molar-refractivity contribution < 1.29 is 24.0 Å². The lowest BCUT2D eigenvalue weighted by Crippen LogP contribution is -2.26. The van der Waals surface area contributed by atoms with Crippen LogP contribution in [0, 0.1) is 10.1 Å². The van der Waals surface area contributed by atoms with Crippen molar-refractivity contribution in [3.05, 3.63) is 57.6 Å². The van der Waals surface area contributed by atoms with Gasteiger partial charge in [-0.15, -0.1) is 0 Å². The van der Waals surface area contributed by atoms with Gasteiger partial charge >= 0.3 is 0 Å². The summed E-state index contributed by atoms with van der Waals surface area (Å²) in [5.74, 6) is 0.127. The topological polar surface area (TPSA) is 99.0 Å². The van der Waals surface area contributed by atoms with E-state index in [4.69, 9.17) is 9.47 Å². The summed E-state index contributed by atoms with van der Waals surface area (Å²) in [6, 6.07) is 9.15. The van der Waals surface area contributed by atoms with Crippen molar-refractivity contribution in [2.75, 3.05) is 18.6 Å². The largest absolute Gasteiger partial charge is 0.493 e. The van der Waals surface area contributed by atoms with Crippen LogP contribution < -0.4 is 14.4 Å². The van der Waals surface area contributed by atoms with Crippen LogP contribution >= 0.6 is 0 Å². The molecule has 2 aromatic carbocycles. The van der Waals surface area contributed by atoms with E-state index in [0.29, 0.717) is 24.3 Å². The van der Waals surface area contributed by atoms with Crippen LogP contribution in [0.2, 0.25) is 0 Å². The average molecular weight is 384 g/mol. The first-order chi connectivity index (χ1) is 13.3. The van der Waals surface area contributed by atoms with Gasteiger partial charge in [-0.1, -0.05) is 0 Å². The van der Waals surface area contributed by atoms with Crippen LogP contribution in [0.25, 0.3) is 0 Å².